The molecule has 1 atom stereocenters. The van der Waals surface area contributed by atoms with Gasteiger partial charge in [-0.3, -0.25) is 4.90 Å². The number of aromatic hydroxyl groups is 1. The molecule has 0 bridgehead atoms. The summed E-state index contributed by atoms with van der Waals surface area (Å²) in [7, 11) is 2.28. The molecule has 19 heavy (non-hydrogen) atoms. The second kappa shape index (κ2) is 5.16. The van der Waals surface area contributed by atoms with Crippen molar-refractivity contribution in [3.05, 3.63) is 29.3 Å². The van der Waals surface area contributed by atoms with Gasteiger partial charge in [-0.15, -0.1) is 0 Å². The molecule has 0 saturated heterocycles. The van der Waals surface area contributed by atoms with Crippen molar-refractivity contribution in [1.82, 2.24) is 4.90 Å². The van der Waals surface area contributed by atoms with Gasteiger partial charge in [-0.25, -0.2) is 0 Å². The number of hydrogen-bond acceptors (Lipinski definition) is 2. The third-order valence-electron chi connectivity index (χ3n) is 5.27. The molecule has 0 heterocycles. The SMILES string of the molecule is CC1CCC(N(C)C2CCc3c(O)cccc32)CC1. The van der Waals surface area contributed by atoms with Crippen LogP contribution in [0.2, 0.25) is 0 Å². The van der Waals surface area contributed by atoms with Crippen LogP contribution in [0.1, 0.15) is 56.2 Å². The predicted octanol–water partition coefficient (Wildman–Crippen LogP) is 3.89. The standard InChI is InChI=1S/C17H25NO/c1-12-6-8-13(9-7-12)18(2)16-11-10-15-14(16)4-3-5-17(15)19/h3-5,12-13,16,19H,6-11H2,1-2H3. The number of rotatable bonds is 2. The van der Waals surface area contributed by atoms with Gasteiger partial charge in [0.25, 0.3) is 0 Å². The van der Waals surface area contributed by atoms with E-state index < -0.39 is 0 Å². The summed E-state index contributed by atoms with van der Waals surface area (Å²) in [5.41, 5.74) is 2.55. The highest BCUT2D eigenvalue weighted by molar-refractivity contribution is 5.44. The Morgan fingerprint density at radius 2 is 1.84 bits per heavy atom. The number of phenols is 1. The Labute approximate surface area is 116 Å². The molecule has 1 saturated carbocycles. The van der Waals surface area contributed by atoms with Crippen molar-refractivity contribution < 1.29 is 5.11 Å². The summed E-state index contributed by atoms with van der Waals surface area (Å²) < 4.78 is 0. The van der Waals surface area contributed by atoms with Crippen molar-refractivity contribution in [2.24, 2.45) is 5.92 Å². The fraction of sp³-hybridized carbons (Fsp3) is 0.647. The topological polar surface area (TPSA) is 23.5 Å². The van der Waals surface area contributed by atoms with Gasteiger partial charge in [0.2, 0.25) is 0 Å². The lowest BCUT2D eigenvalue weighted by molar-refractivity contribution is 0.123. The van der Waals surface area contributed by atoms with Gasteiger partial charge in [0.15, 0.2) is 0 Å². The van der Waals surface area contributed by atoms with Crippen LogP contribution in [0.15, 0.2) is 18.2 Å². The highest BCUT2D eigenvalue weighted by atomic mass is 16.3. The van der Waals surface area contributed by atoms with E-state index in [4.69, 9.17) is 0 Å². The Hall–Kier alpha value is -1.02. The zero-order valence-corrected chi connectivity index (χ0v) is 12.1. The monoisotopic (exact) mass is 259 g/mol. The maximum atomic E-state index is 9.96. The molecule has 2 aliphatic carbocycles. The Morgan fingerprint density at radius 1 is 1.11 bits per heavy atom. The first-order valence-corrected chi connectivity index (χ1v) is 7.69. The van der Waals surface area contributed by atoms with Crippen molar-refractivity contribution in [3.8, 4) is 5.75 Å². The van der Waals surface area contributed by atoms with Crippen LogP contribution in [0, 0.1) is 5.92 Å². The number of hydrogen-bond donors (Lipinski definition) is 1. The fourth-order valence-corrected chi connectivity index (χ4v) is 3.94. The quantitative estimate of drug-likeness (QED) is 0.871. The van der Waals surface area contributed by atoms with E-state index in [-0.39, 0.29) is 0 Å². The van der Waals surface area contributed by atoms with Gasteiger partial charge in [0.05, 0.1) is 0 Å². The van der Waals surface area contributed by atoms with E-state index in [9.17, 15) is 5.11 Å². The fourth-order valence-electron chi connectivity index (χ4n) is 3.94. The van der Waals surface area contributed by atoms with E-state index >= 15 is 0 Å². The number of phenolic OH excluding ortho intramolecular Hbond substituents is 1. The average molecular weight is 259 g/mol. The molecule has 0 spiro atoms. The van der Waals surface area contributed by atoms with Gasteiger partial charge in [0.1, 0.15) is 5.75 Å². The summed E-state index contributed by atoms with van der Waals surface area (Å²) in [5, 5.41) is 9.96. The Balaban J connectivity index is 1.76. The molecule has 1 unspecified atom stereocenters. The normalized spacial score (nSPS) is 30.6. The zero-order chi connectivity index (χ0) is 13.4. The number of benzene rings is 1. The Kier molecular flexibility index (Phi) is 3.53. The van der Waals surface area contributed by atoms with Gasteiger partial charge in [-0.05, 0) is 68.7 Å². The largest absolute Gasteiger partial charge is 0.508 e. The number of nitrogens with zero attached hydrogens (tertiary/aromatic N) is 1. The molecular formula is C17H25NO. The molecule has 1 aromatic carbocycles. The van der Waals surface area contributed by atoms with Crippen molar-refractivity contribution in [2.75, 3.05) is 7.05 Å². The van der Waals surface area contributed by atoms with Crippen LogP contribution in [0.3, 0.4) is 0 Å². The smallest absolute Gasteiger partial charge is 0.119 e. The van der Waals surface area contributed by atoms with Crippen molar-refractivity contribution >= 4 is 0 Å². The lowest BCUT2D eigenvalue weighted by Crippen LogP contribution is -2.36. The molecule has 1 aromatic rings. The minimum Gasteiger partial charge on any atom is -0.508 e. The van der Waals surface area contributed by atoms with Gasteiger partial charge in [0, 0.05) is 12.1 Å². The van der Waals surface area contributed by atoms with Crippen LogP contribution in [0.5, 0.6) is 5.75 Å². The molecular weight excluding hydrogens is 234 g/mol. The van der Waals surface area contributed by atoms with E-state index in [0.29, 0.717) is 11.8 Å². The summed E-state index contributed by atoms with van der Waals surface area (Å²) in [6.07, 6.45) is 7.60. The van der Waals surface area contributed by atoms with Crippen LogP contribution in [0.25, 0.3) is 0 Å². The molecule has 0 amide bonds. The third-order valence-corrected chi connectivity index (χ3v) is 5.27. The van der Waals surface area contributed by atoms with E-state index in [1.807, 2.05) is 12.1 Å². The summed E-state index contributed by atoms with van der Waals surface area (Å²) in [6.45, 7) is 2.37. The molecule has 0 radical (unpaired) electrons. The first kappa shape index (κ1) is 13.0. The highest BCUT2D eigenvalue weighted by Gasteiger charge is 2.32. The van der Waals surface area contributed by atoms with E-state index in [1.165, 1.54) is 36.8 Å². The van der Waals surface area contributed by atoms with Crippen molar-refractivity contribution in [3.63, 3.8) is 0 Å². The van der Waals surface area contributed by atoms with Gasteiger partial charge < -0.3 is 5.11 Å². The van der Waals surface area contributed by atoms with Crippen LogP contribution in [0.4, 0.5) is 0 Å². The zero-order valence-electron chi connectivity index (χ0n) is 12.1. The van der Waals surface area contributed by atoms with Gasteiger partial charge in [-0.1, -0.05) is 19.1 Å². The summed E-state index contributed by atoms with van der Waals surface area (Å²) >= 11 is 0. The van der Waals surface area contributed by atoms with E-state index in [1.54, 1.807) is 0 Å². The first-order valence-electron chi connectivity index (χ1n) is 7.69. The van der Waals surface area contributed by atoms with Crippen LogP contribution in [-0.4, -0.2) is 23.1 Å². The predicted molar refractivity (Wildman–Crippen MR) is 78.4 cm³/mol. The van der Waals surface area contributed by atoms with E-state index in [0.717, 1.165) is 24.8 Å². The maximum absolute atomic E-state index is 9.96. The lowest BCUT2D eigenvalue weighted by Gasteiger charge is -2.37. The van der Waals surface area contributed by atoms with Gasteiger partial charge in [-0.2, -0.15) is 0 Å². The minimum absolute atomic E-state index is 0.491. The Morgan fingerprint density at radius 3 is 2.58 bits per heavy atom. The summed E-state index contributed by atoms with van der Waals surface area (Å²) in [5.74, 6) is 1.40. The van der Waals surface area contributed by atoms with E-state index in [2.05, 4.69) is 24.9 Å². The molecule has 0 aromatic heterocycles. The molecule has 1 fully saturated rings. The number of fused-ring (bicyclic) bond motifs is 1. The maximum Gasteiger partial charge on any atom is 0.119 e. The minimum atomic E-state index is 0.491. The van der Waals surface area contributed by atoms with Crippen LogP contribution in [-0.2, 0) is 6.42 Å². The molecule has 2 nitrogen and oxygen atoms in total. The molecule has 1 N–H and O–H groups in total. The summed E-state index contributed by atoms with van der Waals surface area (Å²) in [4.78, 5) is 2.58. The highest BCUT2D eigenvalue weighted by Crippen LogP contribution is 2.41. The third kappa shape index (κ3) is 2.38. The van der Waals surface area contributed by atoms with Crippen LogP contribution >= 0.6 is 0 Å². The van der Waals surface area contributed by atoms with Crippen LogP contribution < -0.4 is 0 Å². The lowest BCUT2D eigenvalue weighted by atomic mass is 9.86. The molecule has 2 heteroatoms. The molecule has 2 aliphatic rings. The second-order valence-corrected chi connectivity index (χ2v) is 6.48. The average Bonchev–Trinajstić information content (AvgIpc) is 2.84. The van der Waals surface area contributed by atoms with Crippen molar-refractivity contribution in [1.29, 1.82) is 0 Å². The van der Waals surface area contributed by atoms with Gasteiger partial charge >= 0.3 is 0 Å². The Bertz CT molecular complexity index is 449. The second-order valence-electron chi connectivity index (χ2n) is 6.48. The molecule has 3 rings (SSSR count). The molecule has 104 valence electrons. The first-order chi connectivity index (χ1) is 9.16. The molecule has 0 aliphatic heterocycles. The summed E-state index contributed by atoms with van der Waals surface area (Å²) in [6, 6.07) is 7.26. The van der Waals surface area contributed by atoms with Crippen molar-refractivity contribution in [2.45, 2.75) is 57.5 Å².